The van der Waals surface area contributed by atoms with Crippen LogP contribution in [-0.2, 0) is 18.9 Å². The largest absolute Gasteiger partial charge is 0.353 e. The van der Waals surface area contributed by atoms with Gasteiger partial charge in [-0.15, -0.1) is 0 Å². The van der Waals surface area contributed by atoms with Crippen LogP contribution in [-0.4, -0.2) is 46.2 Å². The zero-order valence-electron chi connectivity index (χ0n) is 7.16. The quantitative estimate of drug-likeness (QED) is 0.613. The van der Waals surface area contributed by atoms with Crippen molar-refractivity contribution in [3.05, 3.63) is 0 Å². The third kappa shape index (κ3) is 2.13. The van der Waals surface area contributed by atoms with E-state index in [4.69, 9.17) is 18.9 Å². The summed E-state index contributed by atoms with van der Waals surface area (Å²) in [5.41, 5.74) is 0. The molecule has 72 valence electrons. The average molecular weight is 180 g/mol. The van der Waals surface area contributed by atoms with Crippen LogP contribution in [0.5, 0.6) is 0 Å². The molecule has 0 saturated carbocycles. The van der Waals surface area contributed by atoms with E-state index in [2.05, 4.69) is 0 Å². The summed E-state index contributed by atoms with van der Waals surface area (Å²) < 4.78 is 32.8. The van der Waals surface area contributed by atoms with Crippen LogP contribution in [0.25, 0.3) is 0 Å². The summed E-state index contributed by atoms with van der Waals surface area (Å²) in [6.07, 6.45) is -3.18. The van der Waals surface area contributed by atoms with E-state index in [1.807, 2.05) is 0 Å². The predicted molar refractivity (Wildman–Crippen MR) is 38.4 cm³/mol. The summed E-state index contributed by atoms with van der Waals surface area (Å²) in [6, 6.07) is 0. The number of hydrogen-bond acceptors (Lipinski definition) is 4. The highest BCUT2D eigenvalue weighted by Gasteiger charge is 2.33. The Morgan fingerprint density at radius 3 is 1.83 bits per heavy atom. The SMILES string of the molecule is COC1OCCOC(OC)C1F. The maximum atomic E-state index is 13.3. The number of hydrogen-bond donors (Lipinski definition) is 0. The maximum Gasteiger partial charge on any atom is 0.201 e. The summed E-state index contributed by atoms with van der Waals surface area (Å²) in [5.74, 6) is 0. The normalized spacial score (nSPS) is 37.8. The van der Waals surface area contributed by atoms with Gasteiger partial charge in [-0.1, -0.05) is 0 Å². The van der Waals surface area contributed by atoms with E-state index in [1.54, 1.807) is 0 Å². The van der Waals surface area contributed by atoms with Gasteiger partial charge >= 0.3 is 0 Å². The second-order valence-corrected chi connectivity index (χ2v) is 2.39. The van der Waals surface area contributed by atoms with Crippen LogP contribution in [0.15, 0.2) is 0 Å². The first-order chi connectivity index (χ1) is 5.79. The van der Waals surface area contributed by atoms with E-state index in [-0.39, 0.29) is 0 Å². The molecule has 4 nitrogen and oxygen atoms in total. The molecule has 2 unspecified atom stereocenters. The van der Waals surface area contributed by atoms with Gasteiger partial charge in [0.15, 0.2) is 12.6 Å². The lowest BCUT2D eigenvalue weighted by molar-refractivity contribution is -0.203. The van der Waals surface area contributed by atoms with Crippen molar-refractivity contribution >= 4 is 0 Å². The van der Waals surface area contributed by atoms with E-state index >= 15 is 0 Å². The van der Waals surface area contributed by atoms with E-state index in [1.165, 1.54) is 14.2 Å². The predicted octanol–water partition coefficient (Wildman–Crippen LogP) is 0.316. The molecule has 1 aliphatic rings. The number of alkyl halides is 1. The standard InChI is InChI=1S/C7H13FO4/c1-9-6-5(8)7(10-2)12-4-3-11-6/h5-7H,3-4H2,1-2H3. The first-order valence-corrected chi connectivity index (χ1v) is 3.72. The Kier molecular flexibility index (Phi) is 3.87. The minimum Gasteiger partial charge on any atom is -0.353 e. The van der Waals surface area contributed by atoms with Gasteiger partial charge in [-0.2, -0.15) is 0 Å². The fourth-order valence-electron chi connectivity index (χ4n) is 1.04. The molecule has 0 aromatic rings. The van der Waals surface area contributed by atoms with Gasteiger partial charge < -0.3 is 18.9 Å². The van der Waals surface area contributed by atoms with Gasteiger partial charge in [-0.05, 0) is 0 Å². The van der Waals surface area contributed by atoms with Gasteiger partial charge in [0, 0.05) is 14.2 Å². The highest BCUT2D eigenvalue weighted by Crippen LogP contribution is 2.16. The lowest BCUT2D eigenvalue weighted by Gasteiger charge is -2.21. The second-order valence-electron chi connectivity index (χ2n) is 2.39. The van der Waals surface area contributed by atoms with Crippen molar-refractivity contribution in [3.8, 4) is 0 Å². The molecule has 1 fully saturated rings. The van der Waals surface area contributed by atoms with Gasteiger partial charge in [0.05, 0.1) is 13.2 Å². The molecule has 0 aliphatic carbocycles. The zero-order chi connectivity index (χ0) is 8.97. The summed E-state index contributed by atoms with van der Waals surface area (Å²) in [5, 5.41) is 0. The van der Waals surface area contributed by atoms with Crippen molar-refractivity contribution in [2.24, 2.45) is 0 Å². The van der Waals surface area contributed by atoms with E-state index in [0.29, 0.717) is 13.2 Å². The minimum absolute atomic E-state index is 0.318. The highest BCUT2D eigenvalue weighted by atomic mass is 19.1. The van der Waals surface area contributed by atoms with Crippen LogP contribution in [0.4, 0.5) is 4.39 Å². The maximum absolute atomic E-state index is 13.3. The monoisotopic (exact) mass is 180 g/mol. The summed E-state index contributed by atoms with van der Waals surface area (Å²) in [4.78, 5) is 0. The Labute approximate surface area is 70.5 Å². The molecule has 0 spiro atoms. The van der Waals surface area contributed by atoms with E-state index < -0.39 is 18.8 Å². The van der Waals surface area contributed by atoms with Gasteiger partial charge in [0.25, 0.3) is 0 Å². The molecule has 0 N–H and O–H groups in total. The smallest absolute Gasteiger partial charge is 0.201 e. The topological polar surface area (TPSA) is 36.9 Å². The van der Waals surface area contributed by atoms with Crippen LogP contribution in [0.3, 0.4) is 0 Å². The van der Waals surface area contributed by atoms with Gasteiger partial charge in [0.2, 0.25) is 6.17 Å². The van der Waals surface area contributed by atoms with Crippen molar-refractivity contribution in [3.63, 3.8) is 0 Å². The molecular formula is C7H13FO4. The van der Waals surface area contributed by atoms with Gasteiger partial charge in [-0.3, -0.25) is 0 Å². The zero-order valence-corrected chi connectivity index (χ0v) is 7.16. The van der Waals surface area contributed by atoms with Crippen molar-refractivity contribution in [1.82, 2.24) is 0 Å². The molecule has 1 heterocycles. The fourth-order valence-corrected chi connectivity index (χ4v) is 1.04. The van der Waals surface area contributed by atoms with Crippen molar-refractivity contribution in [2.45, 2.75) is 18.8 Å². The number of methoxy groups -OCH3 is 2. The molecule has 5 heteroatoms. The van der Waals surface area contributed by atoms with Crippen LogP contribution < -0.4 is 0 Å². The molecule has 12 heavy (non-hydrogen) atoms. The summed E-state index contributed by atoms with van der Waals surface area (Å²) >= 11 is 0. The van der Waals surface area contributed by atoms with Gasteiger partial charge in [-0.25, -0.2) is 4.39 Å². The average Bonchev–Trinajstić information content (AvgIpc) is 2.27. The summed E-state index contributed by atoms with van der Waals surface area (Å²) in [7, 11) is 2.77. The lowest BCUT2D eigenvalue weighted by Crippen LogP contribution is -2.36. The molecule has 0 aromatic heterocycles. The number of rotatable bonds is 2. The lowest BCUT2D eigenvalue weighted by atomic mass is 10.3. The Morgan fingerprint density at radius 2 is 1.50 bits per heavy atom. The first kappa shape index (κ1) is 9.85. The molecule has 1 saturated heterocycles. The Bertz CT molecular complexity index is 119. The minimum atomic E-state index is -1.40. The third-order valence-electron chi connectivity index (χ3n) is 1.63. The highest BCUT2D eigenvalue weighted by molar-refractivity contribution is 4.67. The molecule has 1 aliphatic heterocycles. The van der Waals surface area contributed by atoms with Crippen LogP contribution in [0.1, 0.15) is 0 Å². The Hall–Kier alpha value is -0.230. The Balaban J connectivity index is 2.53. The van der Waals surface area contributed by atoms with Crippen molar-refractivity contribution in [1.29, 1.82) is 0 Å². The van der Waals surface area contributed by atoms with Crippen molar-refractivity contribution < 1.29 is 23.3 Å². The first-order valence-electron chi connectivity index (χ1n) is 3.72. The van der Waals surface area contributed by atoms with Crippen LogP contribution >= 0.6 is 0 Å². The molecule has 0 amide bonds. The number of halogens is 1. The molecular weight excluding hydrogens is 167 g/mol. The second kappa shape index (κ2) is 4.71. The van der Waals surface area contributed by atoms with E-state index in [9.17, 15) is 4.39 Å². The fraction of sp³-hybridized carbons (Fsp3) is 1.00. The number of ether oxygens (including phenoxy) is 4. The van der Waals surface area contributed by atoms with Crippen molar-refractivity contribution in [2.75, 3.05) is 27.4 Å². The molecule has 0 aromatic carbocycles. The van der Waals surface area contributed by atoms with Crippen LogP contribution in [0.2, 0.25) is 0 Å². The van der Waals surface area contributed by atoms with Gasteiger partial charge in [0.1, 0.15) is 0 Å². The molecule has 1 rings (SSSR count). The third-order valence-corrected chi connectivity index (χ3v) is 1.63. The Morgan fingerprint density at radius 1 is 1.08 bits per heavy atom. The van der Waals surface area contributed by atoms with E-state index in [0.717, 1.165) is 0 Å². The molecule has 0 radical (unpaired) electrons. The molecule has 0 bridgehead atoms. The van der Waals surface area contributed by atoms with Crippen LogP contribution in [0, 0.1) is 0 Å². The summed E-state index contributed by atoms with van der Waals surface area (Å²) in [6.45, 7) is 0.636. The molecule has 2 atom stereocenters.